The maximum atomic E-state index is 11.8. The van der Waals surface area contributed by atoms with Gasteiger partial charge in [-0.1, -0.05) is 24.3 Å². The Labute approximate surface area is 120 Å². The van der Waals surface area contributed by atoms with Gasteiger partial charge in [0.05, 0.1) is 10.6 Å². The van der Waals surface area contributed by atoms with Crippen molar-refractivity contribution in [2.75, 3.05) is 0 Å². The standard InChI is InChI=1S/C15H13N3O3/c1-2-3-4-6-12-11-13(18(20)21)7-8-14(12)17-10-5-9-16-15(17)19/h2-11H,1H3/b3-2-,6-4+. The first-order chi connectivity index (χ1) is 10.1. The van der Waals surface area contributed by atoms with E-state index in [9.17, 15) is 14.9 Å². The molecular formula is C15H13N3O3. The third-order valence-electron chi connectivity index (χ3n) is 2.77. The number of nitro groups is 1. The van der Waals surface area contributed by atoms with E-state index in [1.54, 1.807) is 30.5 Å². The summed E-state index contributed by atoms with van der Waals surface area (Å²) >= 11 is 0. The van der Waals surface area contributed by atoms with E-state index >= 15 is 0 Å². The van der Waals surface area contributed by atoms with E-state index in [0.29, 0.717) is 11.3 Å². The smallest absolute Gasteiger partial charge is 0.267 e. The van der Waals surface area contributed by atoms with Crippen LogP contribution in [-0.2, 0) is 0 Å². The number of benzene rings is 1. The largest absolute Gasteiger partial charge is 0.352 e. The summed E-state index contributed by atoms with van der Waals surface area (Å²) < 4.78 is 1.35. The molecule has 6 nitrogen and oxygen atoms in total. The molecule has 0 spiro atoms. The Bertz CT molecular complexity index is 776. The van der Waals surface area contributed by atoms with Gasteiger partial charge in [-0.3, -0.25) is 14.7 Å². The second-order valence-corrected chi connectivity index (χ2v) is 4.16. The van der Waals surface area contributed by atoms with Gasteiger partial charge >= 0.3 is 5.69 Å². The minimum Gasteiger partial charge on any atom is -0.267 e. The highest BCUT2D eigenvalue weighted by Gasteiger charge is 2.11. The Morgan fingerprint density at radius 1 is 1.33 bits per heavy atom. The SMILES string of the molecule is C/C=C\C=C\c1cc([N+](=O)[O-])ccc1-n1cccnc1=O. The first kappa shape index (κ1) is 14.4. The van der Waals surface area contributed by atoms with E-state index in [2.05, 4.69) is 4.98 Å². The topological polar surface area (TPSA) is 78.0 Å². The van der Waals surface area contributed by atoms with Crippen LogP contribution in [0.4, 0.5) is 5.69 Å². The van der Waals surface area contributed by atoms with Crippen LogP contribution in [0.5, 0.6) is 0 Å². The number of nitro benzene ring substituents is 1. The Hall–Kier alpha value is -3.02. The monoisotopic (exact) mass is 283 g/mol. The van der Waals surface area contributed by atoms with Crippen molar-refractivity contribution in [3.8, 4) is 5.69 Å². The van der Waals surface area contributed by atoms with Crippen molar-refractivity contribution in [1.29, 1.82) is 0 Å². The fourth-order valence-corrected chi connectivity index (χ4v) is 1.82. The van der Waals surface area contributed by atoms with Gasteiger partial charge in [0.25, 0.3) is 5.69 Å². The average molecular weight is 283 g/mol. The van der Waals surface area contributed by atoms with Crippen LogP contribution in [-0.4, -0.2) is 14.5 Å². The van der Waals surface area contributed by atoms with Crippen molar-refractivity contribution in [1.82, 2.24) is 9.55 Å². The minimum absolute atomic E-state index is 0.0317. The van der Waals surface area contributed by atoms with Crippen LogP contribution in [0, 0.1) is 10.1 Å². The second-order valence-electron chi connectivity index (χ2n) is 4.16. The van der Waals surface area contributed by atoms with Gasteiger partial charge in [0.2, 0.25) is 0 Å². The number of allylic oxidation sites excluding steroid dienone is 3. The fourth-order valence-electron chi connectivity index (χ4n) is 1.82. The van der Waals surface area contributed by atoms with Gasteiger partial charge in [-0.25, -0.2) is 9.78 Å². The lowest BCUT2D eigenvalue weighted by Crippen LogP contribution is -2.20. The molecule has 0 saturated heterocycles. The summed E-state index contributed by atoms with van der Waals surface area (Å²) in [5, 5.41) is 10.9. The van der Waals surface area contributed by atoms with Gasteiger partial charge in [0, 0.05) is 30.1 Å². The number of hydrogen-bond acceptors (Lipinski definition) is 4. The molecule has 0 aliphatic heterocycles. The molecule has 0 N–H and O–H groups in total. The first-order valence-electron chi connectivity index (χ1n) is 6.25. The Balaban J connectivity index is 2.62. The molecule has 2 aromatic rings. The van der Waals surface area contributed by atoms with Gasteiger partial charge in [0.1, 0.15) is 0 Å². The van der Waals surface area contributed by atoms with Crippen LogP contribution in [0.3, 0.4) is 0 Å². The van der Waals surface area contributed by atoms with Crippen molar-refractivity contribution in [3.63, 3.8) is 0 Å². The lowest BCUT2D eigenvalue weighted by atomic mass is 10.1. The van der Waals surface area contributed by atoms with Gasteiger partial charge in [0.15, 0.2) is 0 Å². The molecule has 2 rings (SSSR count). The van der Waals surface area contributed by atoms with Crippen LogP contribution in [0.25, 0.3) is 11.8 Å². The number of rotatable bonds is 4. The number of aromatic nitrogens is 2. The Morgan fingerprint density at radius 2 is 2.14 bits per heavy atom. The zero-order valence-corrected chi connectivity index (χ0v) is 11.3. The third-order valence-corrected chi connectivity index (χ3v) is 2.77. The van der Waals surface area contributed by atoms with E-state index in [4.69, 9.17) is 0 Å². The van der Waals surface area contributed by atoms with Gasteiger partial charge in [-0.05, 0) is 19.1 Å². The van der Waals surface area contributed by atoms with E-state index < -0.39 is 10.6 Å². The van der Waals surface area contributed by atoms with E-state index in [1.807, 2.05) is 13.0 Å². The van der Waals surface area contributed by atoms with Crippen molar-refractivity contribution in [2.45, 2.75) is 6.92 Å². The summed E-state index contributed by atoms with van der Waals surface area (Å²) in [6.07, 6.45) is 10.1. The normalized spacial score (nSPS) is 11.3. The second kappa shape index (κ2) is 6.42. The molecule has 0 fully saturated rings. The Morgan fingerprint density at radius 3 is 2.81 bits per heavy atom. The molecule has 0 atom stereocenters. The van der Waals surface area contributed by atoms with Crippen LogP contribution in [0.15, 0.2) is 59.7 Å². The van der Waals surface area contributed by atoms with Crippen molar-refractivity contribution >= 4 is 11.8 Å². The summed E-state index contributed by atoms with van der Waals surface area (Å²) in [5.74, 6) is 0. The molecule has 6 heteroatoms. The molecule has 0 unspecified atom stereocenters. The average Bonchev–Trinajstić information content (AvgIpc) is 2.48. The first-order valence-corrected chi connectivity index (χ1v) is 6.25. The predicted octanol–water partition coefficient (Wildman–Crippen LogP) is 2.73. The molecule has 0 bridgehead atoms. The van der Waals surface area contributed by atoms with E-state index in [1.165, 1.54) is 29.0 Å². The number of nitrogens with zero attached hydrogens (tertiary/aromatic N) is 3. The van der Waals surface area contributed by atoms with Gasteiger partial charge in [-0.2, -0.15) is 0 Å². The van der Waals surface area contributed by atoms with Gasteiger partial charge < -0.3 is 0 Å². The molecular weight excluding hydrogens is 270 g/mol. The van der Waals surface area contributed by atoms with Crippen LogP contribution < -0.4 is 5.69 Å². The highest BCUT2D eigenvalue weighted by Crippen LogP contribution is 2.21. The minimum atomic E-state index is -0.469. The molecule has 106 valence electrons. The fraction of sp³-hybridized carbons (Fsp3) is 0.0667. The maximum Gasteiger partial charge on any atom is 0.352 e. The summed E-state index contributed by atoms with van der Waals surface area (Å²) in [5.41, 5.74) is 0.639. The molecule has 0 amide bonds. The van der Waals surface area contributed by atoms with Crippen molar-refractivity contribution in [3.05, 3.63) is 81.0 Å². The molecule has 1 aromatic heterocycles. The molecule has 1 heterocycles. The van der Waals surface area contributed by atoms with Crippen molar-refractivity contribution in [2.24, 2.45) is 0 Å². The Kier molecular flexibility index (Phi) is 4.40. The zero-order valence-electron chi connectivity index (χ0n) is 11.3. The zero-order chi connectivity index (χ0) is 15.2. The lowest BCUT2D eigenvalue weighted by Gasteiger charge is -2.08. The number of hydrogen-bond donors (Lipinski definition) is 0. The molecule has 0 aliphatic rings. The molecule has 0 radical (unpaired) electrons. The molecule has 1 aromatic carbocycles. The van der Waals surface area contributed by atoms with Crippen LogP contribution in [0.2, 0.25) is 0 Å². The van der Waals surface area contributed by atoms with E-state index in [0.717, 1.165) is 0 Å². The molecule has 21 heavy (non-hydrogen) atoms. The summed E-state index contributed by atoms with van der Waals surface area (Å²) in [6, 6.07) is 5.95. The van der Waals surface area contributed by atoms with E-state index in [-0.39, 0.29) is 5.69 Å². The third kappa shape index (κ3) is 3.30. The summed E-state index contributed by atoms with van der Waals surface area (Å²) in [4.78, 5) is 25.9. The maximum absolute atomic E-state index is 11.8. The lowest BCUT2D eigenvalue weighted by molar-refractivity contribution is -0.384. The highest BCUT2D eigenvalue weighted by molar-refractivity contribution is 5.64. The predicted molar refractivity (Wildman–Crippen MR) is 80.3 cm³/mol. The highest BCUT2D eigenvalue weighted by atomic mass is 16.6. The van der Waals surface area contributed by atoms with Crippen LogP contribution >= 0.6 is 0 Å². The summed E-state index contributed by atoms with van der Waals surface area (Å²) in [6.45, 7) is 1.87. The number of non-ortho nitro benzene ring substituents is 1. The van der Waals surface area contributed by atoms with Gasteiger partial charge in [-0.15, -0.1) is 0 Å². The molecule has 0 saturated carbocycles. The molecule has 0 aliphatic carbocycles. The quantitative estimate of drug-likeness (QED) is 0.491. The van der Waals surface area contributed by atoms with Crippen LogP contribution in [0.1, 0.15) is 12.5 Å². The van der Waals surface area contributed by atoms with Crippen molar-refractivity contribution < 1.29 is 4.92 Å². The summed E-state index contributed by atoms with van der Waals surface area (Å²) in [7, 11) is 0.